The number of aromatic nitrogens is 4. The Labute approximate surface area is 138 Å². The number of anilines is 1. The minimum atomic E-state index is -0.603. The molecule has 0 bridgehead atoms. The topological polar surface area (TPSA) is 100 Å². The first-order chi connectivity index (χ1) is 11.6. The van der Waals surface area contributed by atoms with Crippen LogP contribution in [0.25, 0.3) is 0 Å². The third-order valence-electron chi connectivity index (χ3n) is 3.85. The molecule has 0 aliphatic carbocycles. The summed E-state index contributed by atoms with van der Waals surface area (Å²) in [7, 11) is 4.46. The van der Waals surface area contributed by atoms with Crippen LogP contribution in [0.5, 0.6) is 11.5 Å². The van der Waals surface area contributed by atoms with Crippen LogP contribution in [-0.2, 0) is 9.53 Å². The Morgan fingerprint density at radius 2 is 2.04 bits per heavy atom. The van der Waals surface area contributed by atoms with E-state index in [2.05, 4.69) is 20.8 Å². The van der Waals surface area contributed by atoms with Crippen LogP contribution >= 0.6 is 0 Å². The number of benzene rings is 1. The zero-order chi connectivity index (χ0) is 17.3. The molecule has 0 amide bonds. The van der Waals surface area contributed by atoms with Gasteiger partial charge >= 0.3 is 5.97 Å². The van der Waals surface area contributed by atoms with E-state index in [-0.39, 0.29) is 0 Å². The molecule has 9 heteroatoms. The molecule has 1 N–H and O–H groups in total. The highest BCUT2D eigenvalue weighted by Gasteiger charge is 2.36. The number of ether oxygens (including phenoxy) is 3. The lowest BCUT2D eigenvalue weighted by Crippen LogP contribution is -2.29. The summed E-state index contributed by atoms with van der Waals surface area (Å²) in [4.78, 5) is 12.4. The van der Waals surface area contributed by atoms with Gasteiger partial charge in [-0.1, -0.05) is 5.10 Å². The Bertz CT molecular complexity index is 814. The van der Waals surface area contributed by atoms with Gasteiger partial charge in [-0.15, -0.1) is 0 Å². The van der Waals surface area contributed by atoms with Crippen LogP contribution in [-0.4, -0.2) is 47.5 Å². The first-order valence-electron chi connectivity index (χ1n) is 7.16. The molecule has 0 fully saturated rings. The highest BCUT2D eigenvalue weighted by atomic mass is 16.5. The zero-order valence-electron chi connectivity index (χ0n) is 13.7. The predicted molar refractivity (Wildman–Crippen MR) is 83.8 cm³/mol. The van der Waals surface area contributed by atoms with Gasteiger partial charge in [-0.25, -0.2) is 4.79 Å². The van der Waals surface area contributed by atoms with Gasteiger partial charge in [-0.3, -0.25) is 0 Å². The molecule has 1 aliphatic heterocycles. The molecule has 0 spiro atoms. The molecule has 2 heterocycles. The van der Waals surface area contributed by atoms with Gasteiger partial charge in [-0.05, 0) is 35.5 Å². The zero-order valence-corrected chi connectivity index (χ0v) is 13.7. The third-order valence-corrected chi connectivity index (χ3v) is 3.85. The summed E-state index contributed by atoms with van der Waals surface area (Å²) in [6, 6.07) is 4.73. The van der Waals surface area contributed by atoms with Gasteiger partial charge in [0.2, 0.25) is 5.95 Å². The van der Waals surface area contributed by atoms with Gasteiger partial charge in [-0.2, -0.15) is 4.68 Å². The van der Waals surface area contributed by atoms with Crippen LogP contribution in [0.3, 0.4) is 0 Å². The van der Waals surface area contributed by atoms with Crippen LogP contribution < -0.4 is 14.8 Å². The quantitative estimate of drug-likeness (QED) is 0.833. The van der Waals surface area contributed by atoms with Crippen molar-refractivity contribution in [1.29, 1.82) is 0 Å². The van der Waals surface area contributed by atoms with Crippen molar-refractivity contribution in [1.82, 2.24) is 20.2 Å². The maximum atomic E-state index is 12.4. The first kappa shape index (κ1) is 15.8. The molecule has 1 aliphatic rings. The van der Waals surface area contributed by atoms with Crippen LogP contribution in [0, 0.1) is 0 Å². The maximum Gasteiger partial charge on any atom is 0.338 e. The van der Waals surface area contributed by atoms with Crippen LogP contribution in [0.2, 0.25) is 0 Å². The molecule has 1 aromatic heterocycles. The van der Waals surface area contributed by atoms with Crippen molar-refractivity contribution >= 4 is 11.9 Å². The van der Waals surface area contributed by atoms with Crippen molar-refractivity contribution in [3.05, 3.63) is 35.0 Å². The third kappa shape index (κ3) is 2.43. The number of nitrogens with one attached hydrogen (secondary N) is 1. The largest absolute Gasteiger partial charge is 0.497 e. The van der Waals surface area contributed by atoms with Gasteiger partial charge in [0.15, 0.2) is 0 Å². The van der Waals surface area contributed by atoms with Gasteiger partial charge < -0.3 is 19.5 Å². The van der Waals surface area contributed by atoms with Crippen molar-refractivity contribution in [3.63, 3.8) is 0 Å². The normalized spacial score (nSPS) is 16.2. The first-order valence-corrected chi connectivity index (χ1v) is 7.16. The molecule has 3 rings (SSSR count). The highest BCUT2D eigenvalue weighted by molar-refractivity contribution is 5.92. The van der Waals surface area contributed by atoms with Crippen molar-refractivity contribution in [2.24, 2.45) is 0 Å². The number of tetrazole rings is 1. The van der Waals surface area contributed by atoms with E-state index in [0.29, 0.717) is 34.3 Å². The molecule has 9 nitrogen and oxygen atoms in total. The van der Waals surface area contributed by atoms with Crippen LogP contribution in [0.15, 0.2) is 29.5 Å². The number of esters is 1. The molecule has 126 valence electrons. The molecule has 0 unspecified atom stereocenters. The maximum absolute atomic E-state index is 12.4. The summed E-state index contributed by atoms with van der Waals surface area (Å²) in [5.41, 5.74) is 1.69. The molecular weight excluding hydrogens is 314 g/mol. The summed E-state index contributed by atoms with van der Waals surface area (Å²) >= 11 is 0. The fourth-order valence-corrected chi connectivity index (χ4v) is 2.73. The lowest BCUT2D eigenvalue weighted by molar-refractivity contribution is -0.136. The standard InChI is InChI=1S/C15H17N5O4/c1-8-12(14(21)24-4)13(20-15(16-8)17-18-19-20)10-7-9(22-2)5-6-11(10)23-3/h5-7,13H,1-4H3,(H,16,17,19)/t13-/m0/s1. The summed E-state index contributed by atoms with van der Waals surface area (Å²) in [5.74, 6) is 1.16. The second-order valence-electron chi connectivity index (χ2n) is 5.11. The SMILES string of the molecule is COC(=O)C1=C(C)Nc2nnnn2[C@H]1c1cc(OC)ccc1OC. The average Bonchev–Trinajstić information content (AvgIpc) is 3.07. The molecular formula is C15H17N5O4. The Morgan fingerprint density at radius 3 is 2.71 bits per heavy atom. The second kappa shape index (κ2) is 6.19. The number of rotatable bonds is 4. The summed E-state index contributed by atoms with van der Waals surface area (Å²) in [6.07, 6.45) is 0. The Balaban J connectivity index is 2.25. The number of hydrogen-bond acceptors (Lipinski definition) is 8. The van der Waals surface area contributed by atoms with E-state index >= 15 is 0 Å². The van der Waals surface area contributed by atoms with E-state index in [0.717, 1.165) is 0 Å². The van der Waals surface area contributed by atoms with E-state index in [9.17, 15) is 4.79 Å². The molecule has 2 aromatic rings. The number of carbonyl (C=O) groups is 1. The number of nitrogens with zero attached hydrogens (tertiary/aromatic N) is 4. The Hall–Kier alpha value is -3.10. The van der Waals surface area contributed by atoms with Crippen molar-refractivity contribution in [3.8, 4) is 11.5 Å². The van der Waals surface area contributed by atoms with E-state index in [1.165, 1.54) is 11.8 Å². The van der Waals surface area contributed by atoms with Crippen LogP contribution in [0.4, 0.5) is 5.95 Å². The summed E-state index contributed by atoms with van der Waals surface area (Å²) < 4.78 is 17.2. The summed E-state index contributed by atoms with van der Waals surface area (Å²) in [6.45, 7) is 1.77. The lowest BCUT2D eigenvalue weighted by atomic mass is 9.94. The minimum absolute atomic E-state index is 0.392. The smallest absolute Gasteiger partial charge is 0.338 e. The van der Waals surface area contributed by atoms with Crippen molar-refractivity contribution in [2.45, 2.75) is 13.0 Å². The van der Waals surface area contributed by atoms with E-state index < -0.39 is 12.0 Å². The molecule has 1 aromatic carbocycles. The fraction of sp³-hybridized carbons (Fsp3) is 0.333. The average molecular weight is 331 g/mol. The monoisotopic (exact) mass is 331 g/mol. The van der Waals surface area contributed by atoms with Gasteiger partial charge in [0.1, 0.15) is 17.5 Å². The molecule has 1 atom stereocenters. The van der Waals surface area contributed by atoms with Gasteiger partial charge in [0, 0.05) is 11.3 Å². The van der Waals surface area contributed by atoms with Gasteiger partial charge in [0.25, 0.3) is 0 Å². The number of hydrogen-bond donors (Lipinski definition) is 1. The molecule has 24 heavy (non-hydrogen) atoms. The molecule has 0 saturated heterocycles. The fourth-order valence-electron chi connectivity index (χ4n) is 2.73. The van der Waals surface area contributed by atoms with Crippen molar-refractivity contribution < 1.29 is 19.0 Å². The number of fused-ring (bicyclic) bond motifs is 1. The van der Waals surface area contributed by atoms with Crippen LogP contribution in [0.1, 0.15) is 18.5 Å². The number of methoxy groups -OCH3 is 3. The Morgan fingerprint density at radius 1 is 1.25 bits per heavy atom. The number of allylic oxidation sites excluding steroid dienone is 1. The van der Waals surface area contributed by atoms with Crippen molar-refractivity contribution in [2.75, 3.05) is 26.6 Å². The highest BCUT2D eigenvalue weighted by Crippen LogP contribution is 2.40. The summed E-state index contributed by atoms with van der Waals surface area (Å²) in [5, 5.41) is 14.6. The Kier molecular flexibility index (Phi) is 4.07. The molecule has 0 radical (unpaired) electrons. The second-order valence-corrected chi connectivity index (χ2v) is 5.11. The predicted octanol–water partition coefficient (Wildman–Crippen LogP) is 1.15. The molecule has 0 saturated carbocycles. The van der Waals surface area contributed by atoms with Gasteiger partial charge in [0.05, 0.1) is 26.9 Å². The van der Waals surface area contributed by atoms with E-state index in [1.54, 1.807) is 39.3 Å². The minimum Gasteiger partial charge on any atom is -0.497 e. The number of carbonyl (C=O) groups excluding carboxylic acids is 1. The lowest BCUT2D eigenvalue weighted by Gasteiger charge is -2.28. The van der Waals surface area contributed by atoms with E-state index in [1.807, 2.05) is 0 Å². The van der Waals surface area contributed by atoms with E-state index in [4.69, 9.17) is 14.2 Å².